The van der Waals surface area contributed by atoms with Gasteiger partial charge in [-0.25, -0.2) is 9.18 Å². The molecule has 1 N–H and O–H groups in total. The van der Waals surface area contributed by atoms with Crippen molar-refractivity contribution < 1.29 is 19.0 Å². The summed E-state index contributed by atoms with van der Waals surface area (Å²) in [6, 6.07) is 11.7. The van der Waals surface area contributed by atoms with Gasteiger partial charge in [0.05, 0.1) is 5.56 Å². The highest BCUT2D eigenvalue weighted by Crippen LogP contribution is 2.20. The molecular weight excluding hydrogens is 259 g/mol. The van der Waals surface area contributed by atoms with Crippen LogP contribution in [-0.2, 0) is 13.0 Å². The molecule has 2 aromatic rings. The minimum atomic E-state index is -1.27. The number of aromatic carboxylic acids is 1. The zero-order valence-electron chi connectivity index (χ0n) is 11.1. The van der Waals surface area contributed by atoms with E-state index in [0.29, 0.717) is 5.56 Å². The van der Waals surface area contributed by atoms with Gasteiger partial charge in [-0.2, -0.15) is 0 Å². The average molecular weight is 274 g/mol. The second-order valence-electron chi connectivity index (χ2n) is 4.37. The van der Waals surface area contributed by atoms with E-state index < -0.39 is 11.8 Å². The van der Waals surface area contributed by atoms with Crippen LogP contribution in [0.5, 0.6) is 5.75 Å². The zero-order chi connectivity index (χ0) is 14.5. The topological polar surface area (TPSA) is 46.5 Å². The summed E-state index contributed by atoms with van der Waals surface area (Å²) in [5, 5.41) is 8.76. The van der Waals surface area contributed by atoms with Crippen LogP contribution in [0.4, 0.5) is 4.39 Å². The van der Waals surface area contributed by atoms with Crippen molar-refractivity contribution in [1.29, 1.82) is 0 Å². The molecule has 0 saturated carbocycles. The van der Waals surface area contributed by atoms with E-state index in [2.05, 4.69) is 0 Å². The highest BCUT2D eigenvalue weighted by molar-refractivity contribution is 5.87. The number of carbonyl (C=O) groups is 1. The van der Waals surface area contributed by atoms with Gasteiger partial charge in [0, 0.05) is 0 Å². The first kappa shape index (κ1) is 14.1. The Morgan fingerprint density at radius 3 is 2.65 bits per heavy atom. The van der Waals surface area contributed by atoms with Crippen LogP contribution in [0.3, 0.4) is 0 Å². The number of halogens is 1. The number of carboxylic acid groups (broad SMARTS) is 1. The predicted molar refractivity (Wildman–Crippen MR) is 73.5 cm³/mol. The van der Waals surface area contributed by atoms with E-state index >= 15 is 0 Å². The van der Waals surface area contributed by atoms with Crippen LogP contribution in [0, 0.1) is 5.82 Å². The maximum Gasteiger partial charge on any atom is 0.338 e. The largest absolute Gasteiger partial charge is 0.489 e. The molecule has 0 fully saturated rings. The Hall–Kier alpha value is -2.36. The number of hydrogen-bond acceptors (Lipinski definition) is 2. The molecule has 0 unspecified atom stereocenters. The number of para-hydroxylation sites is 1. The van der Waals surface area contributed by atoms with Crippen molar-refractivity contribution in [2.45, 2.75) is 20.0 Å². The van der Waals surface area contributed by atoms with Gasteiger partial charge in [0.25, 0.3) is 0 Å². The lowest BCUT2D eigenvalue weighted by molar-refractivity contribution is 0.0692. The summed E-state index contributed by atoms with van der Waals surface area (Å²) in [4.78, 5) is 10.7. The van der Waals surface area contributed by atoms with Gasteiger partial charge < -0.3 is 9.84 Å². The number of ether oxygens (including phenoxy) is 1. The number of hydrogen-bond donors (Lipinski definition) is 1. The molecule has 2 rings (SSSR count). The molecule has 2 aromatic carbocycles. The van der Waals surface area contributed by atoms with Crippen molar-refractivity contribution in [3.05, 3.63) is 65.0 Å². The first-order valence-electron chi connectivity index (χ1n) is 6.34. The SMILES string of the molecule is CCc1ccccc1OCc1ccc(C(=O)O)c(F)c1. The number of benzene rings is 2. The first-order valence-corrected chi connectivity index (χ1v) is 6.34. The summed E-state index contributed by atoms with van der Waals surface area (Å²) < 4.78 is 19.2. The summed E-state index contributed by atoms with van der Waals surface area (Å²) >= 11 is 0. The van der Waals surface area contributed by atoms with Crippen molar-refractivity contribution >= 4 is 5.97 Å². The molecule has 0 heterocycles. The number of rotatable bonds is 5. The lowest BCUT2D eigenvalue weighted by Crippen LogP contribution is -2.03. The van der Waals surface area contributed by atoms with E-state index in [1.807, 2.05) is 31.2 Å². The highest BCUT2D eigenvalue weighted by Gasteiger charge is 2.10. The van der Waals surface area contributed by atoms with Crippen LogP contribution in [0.2, 0.25) is 0 Å². The third kappa shape index (κ3) is 3.15. The van der Waals surface area contributed by atoms with Crippen LogP contribution in [-0.4, -0.2) is 11.1 Å². The van der Waals surface area contributed by atoms with Crippen LogP contribution < -0.4 is 4.74 Å². The fraction of sp³-hybridized carbons (Fsp3) is 0.188. The van der Waals surface area contributed by atoms with E-state index in [1.165, 1.54) is 12.1 Å². The molecule has 0 aliphatic rings. The van der Waals surface area contributed by atoms with Crippen molar-refractivity contribution in [1.82, 2.24) is 0 Å². The summed E-state index contributed by atoms with van der Waals surface area (Å²) in [5.41, 5.74) is 1.34. The Labute approximate surface area is 116 Å². The zero-order valence-corrected chi connectivity index (χ0v) is 11.1. The summed E-state index contributed by atoms with van der Waals surface area (Å²) in [7, 11) is 0. The van der Waals surface area contributed by atoms with Gasteiger partial charge in [-0.15, -0.1) is 0 Å². The molecule has 0 amide bonds. The Kier molecular flexibility index (Phi) is 4.35. The van der Waals surface area contributed by atoms with E-state index in [4.69, 9.17) is 9.84 Å². The molecule has 0 spiro atoms. The highest BCUT2D eigenvalue weighted by atomic mass is 19.1. The lowest BCUT2D eigenvalue weighted by Gasteiger charge is -2.10. The molecule has 0 saturated heterocycles. The summed E-state index contributed by atoms with van der Waals surface area (Å²) in [5.74, 6) is -1.26. The lowest BCUT2D eigenvalue weighted by atomic mass is 10.1. The second-order valence-corrected chi connectivity index (χ2v) is 4.37. The molecule has 0 bridgehead atoms. The molecule has 0 atom stereocenters. The Bertz CT molecular complexity index is 623. The molecule has 4 heteroatoms. The fourth-order valence-corrected chi connectivity index (χ4v) is 1.92. The maximum atomic E-state index is 13.5. The average Bonchev–Trinajstić information content (AvgIpc) is 2.45. The minimum absolute atomic E-state index is 0.202. The van der Waals surface area contributed by atoms with Gasteiger partial charge in [-0.05, 0) is 35.7 Å². The van der Waals surface area contributed by atoms with Crippen molar-refractivity contribution in [3.63, 3.8) is 0 Å². The van der Waals surface area contributed by atoms with Gasteiger partial charge in [0.15, 0.2) is 0 Å². The van der Waals surface area contributed by atoms with Crippen LogP contribution >= 0.6 is 0 Å². The standard InChI is InChI=1S/C16H15FO3/c1-2-12-5-3-4-6-15(12)20-10-11-7-8-13(16(18)19)14(17)9-11/h3-9H,2,10H2,1H3,(H,18,19). The number of aryl methyl sites for hydroxylation is 1. The normalized spacial score (nSPS) is 10.3. The fourth-order valence-electron chi connectivity index (χ4n) is 1.92. The van der Waals surface area contributed by atoms with Crippen molar-refractivity contribution in [2.75, 3.05) is 0 Å². The van der Waals surface area contributed by atoms with E-state index in [9.17, 15) is 9.18 Å². The minimum Gasteiger partial charge on any atom is -0.489 e. The van der Waals surface area contributed by atoms with Crippen LogP contribution in [0.25, 0.3) is 0 Å². The number of carboxylic acids is 1. The van der Waals surface area contributed by atoms with Gasteiger partial charge in [0.2, 0.25) is 0 Å². The first-order chi connectivity index (χ1) is 9.61. The summed E-state index contributed by atoms with van der Waals surface area (Å²) in [6.07, 6.45) is 0.850. The second kappa shape index (κ2) is 6.19. The van der Waals surface area contributed by atoms with Gasteiger partial charge in [0.1, 0.15) is 18.2 Å². The van der Waals surface area contributed by atoms with Gasteiger partial charge >= 0.3 is 5.97 Å². The third-order valence-electron chi connectivity index (χ3n) is 3.01. The van der Waals surface area contributed by atoms with Gasteiger partial charge in [-0.3, -0.25) is 0 Å². The van der Waals surface area contributed by atoms with Crippen molar-refractivity contribution in [3.8, 4) is 5.75 Å². The van der Waals surface area contributed by atoms with E-state index in [1.54, 1.807) is 6.07 Å². The smallest absolute Gasteiger partial charge is 0.338 e. The molecular formula is C16H15FO3. The Morgan fingerprint density at radius 2 is 2.00 bits per heavy atom. The predicted octanol–water partition coefficient (Wildman–Crippen LogP) is 3.67. The van der Waals surface area contributed by atoms with Crippen LogP contribution in [0.15, 0.2) is 42.5 Å². The molecule has 3 nitrogen and oxygen atoms in total. The monoisotopic (exact) mass is 274 g/mol. The quantitative estimate of drug-likeness (QED) is 0.905. The van der Waals surface area contributed by atoms with Crippen molar-refractivity contribution in [2.24, 2.45) is 0 Å². The summed E-state index contributed by atoms with van der Waals surface area (Å²) in [6.45, 7) is 2.23. The van der Waals surface area contributed by atoms with E-state index in [-0.39, 0.29) is 12.2 Å². The van der Waals surface area contributed by atoms with E-state index in [0.717, 1.165) is 17.7 Å². The third-order valence-corrected chi connectivity index (χ3v) is 3.01. The molecule has 20 heavy (non-hydrogen) atoms. The van der Waals surface area contributed by atoms with Gasteiger partial charge in [-0.1, -0.05) is 31.2 Å². The van der Waals surface area contributed by atoms with Crippen LogP contribution in [0.1, 0.15) is 28.4 Å². The molecule has 0 aromatic heterocycles. The molecule has 0 aliphatic heterocycles. The molecule has 104 valence electrons. The maximum absolute atomic E-state index is 13.5. The molecule has 0 radical (unpaired) electrons. The Morgan fingerprint density at radius 1 is 1.25 bits per heavy atom. The Balaban J connectivity index is 2.11. The molecule has 0 aliphatic carbocycles.